The number of nitro groups is 1. The fourth-order valence-corrected chi connectivity index (χ4v) is 2.80. The molecular weight excluding hydrogens is 314 g/mol. The van der Waals surface area contributed by atoms with Crippen LogP contribution in [0.3, 0.4) is 0 Å². The third-order valence-corrected chi connectivity index (χ3v) is 3.88. The number of methoxy groups -OCH3 is 2. The molecule has 0 fully saturated rings. The van der Waals surface area contributed by atoms with Crippen molar-refractivity contribution in [2.75, 3.05) is 20.8 Å². The predicted octanol–water partition coefficient (Wildman–Crippen LogP) is 2.16. The predicted molar refractivity (Wildman–Crippen MR) is 86.1 cm³/mol. The summed E-state index contributed by atoms with van der Waals surface area (Å²) in [4.78, 5) is 34.8. The third kappa shape index (κ3) is 3.51. The summed E-state index contributed by atoms with van der Waals surface area (Å²) in [6.07, 6.45) is 0. The molecule has 0 aromatic heterocycles. The minimum absolute atomic E-state index is 0.533. The fraction of sp³-hybridized carbons (Fsp3) is 0.294. The lowest BCUT2D eigenvalue weighted by atomic mass is 9.83. The zero-order chi connectivity index (χ0) is 17.7. The first-order valence-electron chi connectivity index (χ1n) is 7.24. The van der Waals surface area contributed by atoms with Gasteiger partial charge in [0.1, 0.15) is 0 Å². The highest BCUT2D eigenvalue weighted by atomic mass is 16.6. The van der Waals surface area contributed by atoms with Crippen molar-refractivity contribution in [2.45, 2.75) is 5.92 Å². The average Bonchev–Trinajstić information content (AvgIpc) is 2.59. The van der Waals surface area contributed by atoms with Crippen molar-refractivity contribution >= 4 is 22.7 Å². The minimum Gasteiger partial charge on any atom is -0.468 e. The van der Waals surface area contributed by atoms with Gasteiger partial charge in [0.2, 0.25) is 6.54 Å². The maximum atomic E-state index is 12.1. The largest absolute Gasteiger partial charge is 0.468 e. The molecule has 7 heteroatoms. The van der Waals surface area contributed by atoms with E-state index in [1.54, 1.807) is 24.3 Å². The van der Waals surface area contributed by atoms with Gasteiger partial charge in [-0.1, -0.05) is 42.5 Å². The molecule has 2 rings (SSSR count). The molecule has 2 aromatic rings. The van der Waals surface area contributed by atoms with Crippen LogP contribution in [-0.4, -0.2) is 37.6 Å². The van der Waals surface area contributed by atoms with E-state index in [4.69, 9.17) is 0 Å². The summed E-state index contributed by atoms with van der Waals surface area (Å²) in [7, 11) is 2.26. The molecule has 0 spiro atoms. The first-order chi connectivity index (χ1) is 11.5. The van der Waals surface area contributed by atoms with Crippen molar-refractivity contribution in [3.63, 3.8) is 0 Å². The highest BCUT2D eigenvalue weighted by molar-refractivity contribution is 5.97. The first kappa shape index (κ1) is 17.4. The number of rotatable bonds is 6. The topological polar surface area (TPSA) is 95.7 Å². The number of carbonyl (C=O) groups is 2. The van der Waals surface area contributed by atoms with E-state index in [9.17, 15) is 19.7 Å². The molecule has 0 amide bonds. The second kappa shape index (κ2) is 7.54. The zero-order valence-electron chi connectivity index (χ0n) is 13.3. The summed E-state index contributed by atoms with van der Waals surface area (Å²) in [5.41, 5.74) is 0.533. The summed E-state index contributed by atoms with van der Waals surface area (Å²) in [5, 5.41) is 12.7. The Labute approximate surface area is 138 Å². The molecule has 2 aromatic carbocycles. The number of carbonyl (C=O) groups excluding carboxylic acids is 2. The Morgan fingerprint density at radius 3 is 2.21 bits per heavy atom. The Morgan fingerprint density at radius 2 is 1.62 bits per heavy atom. The lowest BCUT2D eigenvalue weighted by Gasteiger charge is -2.22. The van der Waals surface area contributed by atoms with Crippen LogP contribution in [0.4, 0.5) is 0 Å². The van der Waals surface area contributed by atoms with Gasteiger partial charge < -0.3 is 9.47 Å². The van der Waals surface area contributed by atoms with Crippen LogP contribution in [0.2, 0.25) is 0 Å². The number of benzene rings is 2. The summed E-state index contributed by atoms with van der Waals surface area (Å²) in [5.74, 6) is -4.12. The van der Waals surface area contributed by atoms with Crippen LogP contribution in [-0.2, 0) is 19.1 Å². The van der Waals surface area contributed by atoms with Gasteiger partial charge >= 0.3 is 11.9 Å². The number of hydrogen-bond donors (Lipinski definition) is 0. The molecule has 0 aliphatic carbocycles. The van der Waals surface area contributed by atoms with E-state index >= 15 is 0 Å². The first-order valence-corrected chi connectivity index (χ1v) is 7.24. The summed E-state index contributed by atoms with van der Waals surface area (Å²) >= 11 is 0. The van der Waals surface area contributed by atoms with Crippen LogP contribution in [0.1, 0.15) is 11.5 Å². The van der Waals surface area contributed by atoms with E-state index in [0.29, 0.717) is 5.56 Å². The maximum Gasteiger partial charge on any atom is 0.320 e. The van der Waals surface area contributed by atoms with Gasteiger partial charge in [-0.2, -0.15) is 0 Å². The van der Waals surface area contributed by atoms with E-state index < -0.39 is 35.2 Å². The Kier molecular flexibility index (Phi) is 5.47. The van der Waals surface area contributed by atoms with Crippen LogP contribution in [0, 0.1) is 16.0 Å². The quantitative estimate of drug-likeness (QED) is 0.348. The van der Waals surface area contributed by atoms with Crippen LogP contribution >= 0.6 is 0 Å². The molecule has 0 heterocycles. The molecule has 0 N–H and O–H groups in total. The van der Waals surface area contributed by atoms with E-state index in [0.717, 1.165) is 25.0 Å². The smallest absolute Gasteiger partial charge is 0.320 e. The van der Waals surface area contributed by atoms with Gasteiger partial charge in [0.15, 0.2) is 5.92 Å². The van der Waals surface area contributed by atoms with Gasteiger partial charge in [0, 0.05) is 4.92 Å². The second-order valence-corrected chi connectivity index (χ2v) is 5.21. The van der Waals surface area contributed by atoms with E-state index in [1.807, 2.05) is 18.2 Å². The number of esters is 2. The molecule has 24 heavy (non-hydrogen) atoms. The van der Waals surface area contributed by atoms with Gasteiger partial charge in [-0.15, -0.1) is 0 Å². The van der Waals surface area contributed by atoms with Gasteiger partial charge in [0.05, 0.1) is 20.1 Å². The minimum atomic E-state index is -1.41. The Hall–Kier alpha value is -2.96. The lowest BCUT2D eigenvalue weighted by molar-refractivity contribution is -0.484. The van der Waals surface area contributed by atoms with E-state index in [-0.39, 0.29) is 0 Å². The molecule has 0 aliphatic rings. The summed E-state index contributed by atoms with van der Waals surface area (Å²) in [6, 6.07) is 12.5. The monoisotopic (exact) mass is 331 g/mol. The van der Waals surface area contributed by atoms with Crippen molar-refractivity contribution in [3.8, 4) is 0 Å². The van der Waals surface area contributed by atoms with E-state index in [2.05, 4.69) is 9.47 Å². The summed E-state index contributed by atoms with van der Waals surface area (Å²) in [6.45, 7) is -0.594. The van der Waals surface area contributed by atoms with Gasteiger partial charge in [-0.25, -0.2) is 0 Å². The number of nitrogens with zero attached hydrogens (tertiary/aromatic N) is 1. The Bertz CT molecular complexity index is 751. The molecular formula is C17H17NO6. The molecule has 126 valence electrons. The van der Waals surface area contributed by atoms with Crippen molar-refractivity contribution in [3.05, 3.63) is 58.1 Å². The molecule has 7 nitrogen and oxygen atoms in total. The number of hydrogen-bond acceptors (Lipinski definition) is 6. The Balaban J connectivity index is 2.63. The van der Waals surface area contributed by atoms with Crippen molar-refractivity contribution in [2.24, 2.45) is 5.92 Å². The maximum absolute atomic E-state index is 12.1. The van der Waals surface area contributed by atoms with Crippen molar-refractivity contribution < 1.29 is 24.0 Å². The SMILES string of the molecule is COC(=O)C(C(=O)OC)C(C[N+](=O)[O-])c1cccc2ccccc12. The van der Waals surface area contributed by atoms with Crippen LogP contribution in [0.25, 0.3) is 10.8 Å². The Morgan fingerprint density at radius 1 is 1.04 bits per heavy atom. The zero-order valence-corrected chi connectivity index (χ0v) is 13.3. The molecule has 0 radical (unpaired) electrons. The number of ether oxygens (including phenoxy) is 2. The van der Waals surface area contributed by atoms with Crippen molar-refractivity contribution in [1.29, 1.82) is 0 Å². The standard InChI is InChI=1S/C17H17NO6/c1-23-16(19)15(17(20)24-2)14(10-18(21)22)13-9-5-7-11-6-3-4-8-12(11)13/h3-9,14-15H,10H2,1-2H3. The van der Waals surface area contributed by atoms with Gasteiger partial charge in [-0.05, 0) is 16.3 Å². The van der Waals surface area contributed by atoms with Crippen molar-refractivity contribution in [1.82, 2.24) is 0 Å². The average molecular weight is 331 g/mol. The highest BCUT2D eigenvalue weighted by Crippen LogP contribution is 2.32. The molecule has 0 aliphatic heterocycles. The molecule has 1 atom stereocenters. The second-order valence-electron chi connectivity index (χ2n) is 5.21. The third-order valence-electron chi connectivity index (χ3n) is 3.88. The molecule has 1 unspecified atom stereocenters. The highest BCUT2D eigenvalue weighted by Gasteiger charge is 2.41. The number of fused-ring (bicyclic) bond motifs is 1. The lowest BCUT2D eigenvalue weighted by Crippen LogP contribution is -2.35. The van der Waals surface area contributed by atoms with E-state index in [1.165, 1.54) is 0 Å². The van der Waals surface area contributed by atoms with Crippen LogP contribution in [0.15, 0.2) is 42.5 Å². The fourth-order valence-electron chi connectivity index (χ4n) is 2.80. The molecule has 0 bridgehead atoms. The molecule has 0 saturated carbocycles. The van der Waals surface area contributed by atoms with Crippen LogP contribution < -0.4 is 0 Å². The van der Waals surface area contributed by atoms with Gasteiger partial charge in [-0.3, -0.25) is 19.7 Å². The normalized spacial score (nSPS) is 12.0. The van der Waals surface area contributed by atoms with Crippen LogP contribution in [0.5, 0.6) is 0 Å². The summed E-state index contributed by atoms with van der Waals surface area (Å²) < 4.78 is 9.34. The van der Waals surface area contributed by atoms with Gasteiger partial charge in [0.25, 0.3) is 0 Å². The molecule has 0 saturated heterocycles.